The van der Waals surface area contributed by atoms with Crippen molar-refractivity contribution in [2.45, 2.75) is 55.6 Å². The molecule has 2 heterocycles. The molecular weight excluding hydrogens is 447 g/mol. The minimum absolute atomic E-state index is 0.00525. The van der Waals surface area contributed by atoms with Gasteiger partial charge in [-0.2, -0.15) is 0 Å². The van der Waals surface area contributed by atoms with Gasteiger partial charge in [0.25, 0.3) is 5.91 Å². The molecule has 1 aliphatic rings. The predicted molar refractivity (Wildman–Crippen MR) is 133 cm³/mol. The van der Waals surface area contributed by atoms with E-state index in [2.05, 4.69) is 14.9 Å². The standard InChI is InChI=1S/C27H27FN4OS/c28-23-10-5-4-7-21(23)18-34-27-31-24-11-6-16-29-25(24)32(27)17-19-12-14-20(15-13-19)26(33)30-22-8-2-1-3-9-22/h4-7,10-16,22H,1-3,8-9,17-18H2,(H,30,33). The third-order valence-electron chi connectivity index (χ3n) is 6.28. The molecule has 0 atom stereocenters. The Kier molecular flexibility index (Phi) is 6.90. The van der Waals surface area contributed by atoms with E-state index in [4.69, 9.17) is 4.98 Å². The molecule has 1 saturated carbocycles. The SMILES string of the molecule is O=C(NC1CCCCC1)c1ccc(Cn2c(SCc3ccccc3F)nc3cccnc32)cc1. The fraction of sp³-hybridized carbons (Fsp3) is 0.296. The lowest BCUT2D eigenvalue weighted by atomic mass is 9.95. The highest BCUT2D eigenvalue weighted by Crippen LogP contribution is 2.28. The Morgan fingerprint density at radius 2 is 1.82 bits per heavy atom. The molecule has 0 spiro atoms. The second-order valence-electron chi connectivity index (χ2n) is 8.71. The summed E-state index contributed by atoms with van der Waals surface area (Å²) in [6.45, 7) is 0.567. The van der Waals surface area contributed by atoms with E-state index in [0.717, 1.165) is 34.7 Å². The molecule has 0 aliphatic heterocycles. The smallest absolute Gasteiger partial charge is 0.251 e. The van der Waals surface area contributed by atoms with Crippen molar-refractivity contribution in [3.63, 3.8) is 0 Å². The van der Waals surface area contributed by atoms with E-state index in [-0.39, 0.29) is 11.7 Å². The summed E-state index contributed by atoms with van der Waals surface area (Å²) in [6, 6.07) is 18.6. The number of amides is 1. The number of carbonyl (C=O) groups excluding carboxylic acids is 1. The third kappa shape index (κ3) is 5.14. The van der Waals surface area contributed by atoms with Gasteiger partial charge in [0.2, 0.25) is 0 Å². The quantitative estimate of drug-likeness (QED) is 0.335. The predicted octanol–water partition coefficient (Wildman–Crippen LogP) is 5.97. The molecule has 0 bridgehead atoms. The Bertz CT molecular complexity index is 1280. The van der Waals surface area contributed by atoms with Crippen LogP contribution in [0, 0.1) is 5.82 Å². The minimum atomic E-state index is -0.210. The molecule has 1 N–H and O–H groups in total. The molecule has 0 saturated heterocycles. The maximum absolute atomic E-state index is 14.1. The molecule has 2 aromatic carbocycles. The van der Waals surface area contributed by atoms with Crippen LogP contribution in [0.15, 0.2) is 72.0 Å². The first kappa shape index (κ1) is 22.6. The van der Waals surface area contributed by atoms with Crippen molar-refractivity contribution >= 4 is 28.8 Å². The van der Waals surface area contributed by atoms with Crippen LogP contribution in [0.3, 0.4) is 0 Å². The highest BCUT2D eigenvalue weighted by atomic mass is 32.2. The normalized spacial score (nSPS) is 14.4. The second kappa shape index (κ2) is 10.4. The van der Waals surface area contributed by atoms with Gasteiger partial charge in [-0.25, -0.2) is 14.4 Å². The molecule has 0 unspecified atom stereocenters. The van der Waals surface area contributed by atoms with Crippen molar-refractivity contribution in [1.82, 2.24) is 19.9 Å². The molecule has 2 aromatic heterocycles. The van der Waals surface area contributed by atoms with Gasteiger partial charge in [-0.1, -0.05) is 61.4 Å². The summed E-state index contributed by atoms with van der Waals surface area (Å²) >= 11 is 1.49. The average Bonchev–Trinajstić information content (AvgIpc) is 3.22. The lowest BCUT2D eigenvalue weighted by Crippen LogP contribution is -2.36. The van der Waals surface area contributed by atoms with E-state index in [9.17, 15) is 9.18 Å². The first-order valence-electron chi connectivity index (χ1n) is 11.7. The summed E-state index contributed by atoms with van der Waals surface area (Å²) in [7, 11) is 0. The van der Waals surface area contributed by atoms with E-state index in [1.165, 1.54) is 37.1 Å². The van der Waals surface area contributed by atoms with E-state index >= 15 is 0 Å². The number of rotatable bonds is 7. The zero-order chi connectivity index (χ0) is 23.3. The number of hydrogen-bond acceptors (Lipinski definition) is 4. The number of nitrogens with zero attached hydrogens (tertiary/aromatic N) is 3. The van der Waals surface area contributed by atoms with Crippen molar-refractivity contribution in [2.24, 2.45) is 0 Å². The molecular formula is C27H27FN4OS. The van der Waals surface area contributed by atoms with E-state index in [1.54, 1.807) is 18.3 Å². The van der Waals surface area contributed by atoms with Gasteiger partial charge in [-0.05, 0) is 54.3 Å². The summed E-state index contributed by atoms with van der Waals surface area (Å²) in [5.41, 5.74) is 3.97. The van der Waals surface area contributed by atoms with Crippen LogP contribution in [0.5, 0.6) is 0 Å². The molecule has 5 nitrogen and oxygen atoms in total. The van der Waals surface area contributed by atoms with E-state index in [1.807, 2.05) is 42.5 Å². The highest BCUT2D eigenvalue weighted by Gasteiger charge is 2.17. The van der Waals surface area contributed by atoms with Crippen LogP contribution in [0.4, 0.5) is 4.39 Å². The van der Waals surface area contributed by atoms with Gasteiger partial charge in [-0.15, -0.1) is 0 Å². The number of halogens is 1. The van der Waals surface area contributed by atoms with Gasteiger partial charge in [0.1, 0.15) is 11.3 Å². The topological polar surface area (TPSA) is 59.8 Å². The second-order valence-corrected chi connectivity index (χ2v) is 9.65. The molecule has 5 rings (SSSR count). The molecule has 174 valence electrons. The highest BCUT2D eigenvalue weighted by molar-refractivity contribution is 7.98. The van der Waals surface area contributed by atoms with Crippen molar-refractivity contribution in [3.8, 4) is 0 Å². The fourth-order valence-corrected chi connectivity index (χ4v) is 5.40. The maximum atomic E-state index is 14.1. The van der Waals surface area contributed by atoms with Crippen LogP contribution < -0.4 is 5.32 Å². The van der Waals surface area contributed by atoms with Gasteiger partial charge in [0.15, 0.2) is 10.8 Å². The zero-order valence-electron chi connectivity index (χ0n) is 18.9. The molecule has 0 radical (unpaired) electrons. The number of pyridine rings is 1. The number of imidazole rings is 1. The molecule has 34 heavy (non-hydrogen) atoms. The first-order chi connectivity index (χ1) is 16.7. The van der Waals surface area contributed by atoms with Crippen molar-refractivity contribution < 1.29 is 9.18 Å². The molecule has 4 aromatic rings. The third-order valence-corrected chi connectivity index (χ3v) is 7.31. The summed E-state index contributed by atoms with van der Waals surface area (Å²) in [6.07, 6.45) is 7.53. The number of benzene rings is 2. The van der Waals surface area contributed by atoms with Gasteiger partial charge in [-0.3, -0.25) is 9.36 Å². The van der Waals surface area contributed by atoms with Crippen molar-refractivity contribution in [3.05, 3.63) is 89.4 Å². The molecule has 7 heteroatoms. The fourth-order valence-electron chi connectivity index (χ4n) is 4.41. The monoisotopic (exact) mass is 474 g/mol. The Morgan fingerprint density at radius 3 is 2.62 bits per heavy atom. The van der Waals surface area contributed by atoms with E-state index in [0.29, 0.717) is 29.5 Å². The zero-order valence-corrected chi connectivity index (χ0v) is 19.7. The van der Waals surface area contributed by atoms with Crippen LogP contribution >= 0.6 is 11.8 Å². The maximum Gasteiger partial charge on any atom is 0.251 e. The van der Waals surface area contributed by atoms with Crippen molar-refractivity contribution in [1.29, 1.82) is 0 Å². The molecule has 1 amide bonds. The molecule has 1 aliphatic carbocycles. The number of hydrogen-bond donors (Lipinski definition) is 1. The lowest BCUT2D eigenvalue weighted by Gasteiger charge is -2.22. The Balaban J connectivity index is 1.33. The lowest BCUT2D eigenvalue weighted by molar-refractivity contribution is 0.0927. The Morgan fingerprint density at radius 1 is 1.03 bits per heavy atom. The summed E-state index contributed by atoms with van der Waals surface area (Å²) in [5, 5.41) is 3.96. The Hall–Kier alpha value is -3.19. The van der Waals surface area contributed by atoms with Crippen LogP contribution in [0.1, 0.15) is 53.6 Å². The number of carbonyl (C=O) groups is 1. The first-order valence-corrected chi connectivity index (χ1v) is 12.7. The van der Waals surface area contributed by atoms with Crippen LogP contribution in [-0.4, -0.2) is 26.5 Å². The van der Waals surface area contributed by atoms with Crippen LogP contribution in [0.25, 0.3) is 11.2 Å². The summed E-state index contributed by atoms with van der Waals surface area (Å²) < 4.78 is 16.2. The average molecular weight is 475 g/mol. The largest absolute Gasteiger partial charge is 0.349 e. The van der Waals surface area contributed by atoms with Gasteiger partial charge >= 0.3 is 0 Å². The summed E-state index contributed by atoms with van der Waals surface area (Å²) in [5.74, 6) is 0.267. The minimum Gasteiger partial charge on any atom is -0.349 e. The summed E-state index contributed by atoms with van der Waals surface area (Å²) in [4.78, 5) is 21.9. The van der Waals surface area contributed by atoms with E-state index < -0.39 is 0 Å². The number of nitrogens with one attached hydrogen (secondary N) is 1. The van der Waals surface area contributed by atoms with Gasteiger partial charge in [0, 0.05) is 23.6 Å². The van der Waals surface area contributed by atoms with Crippen LogP contribution in [-0.2, 0) is 12.3 Å². The number of thioether (sulfide) groups is 1. The number of aromatic nitrogens is 3. The number of fused-ring (bicyclic) bond motifs is 1. The molecule has 1 fully saturated rings. The van der Waals surface area contributed by atoms with Gasteiger partial charge < -0.3 is 5.32 Å². The van der Waals surface area contributed by atoms with Crippen LogP contribution in [0.2, 0.25) is 0 Å². The van der Waals surface area contributed by atoms with Gasteiger partial charge in [0.05, 0.1) is 6.54 Å². The van der Waals surface area contributed by atoms with Crippen molar-refractivity contribution in [2.75, 3.05) is 0 Å². The Labute approximate surface area is 202 Å².